The molecule has 0 heterocycles. The summed E-state index contributed by atoms with van der Waals surface area (Å²) in [6.07, 6.45) is 5.85. The molecule has 1 heteroatoms. The van der Waals surface area contributed by atoms with Gasteiger partial charge in [-0.15, -0.1) is 11.6 Å². The number of rotatable bonds is 2. The van der Waals surface area contributed by atoms with E-state index in [1.807, 2.05) is 0 Å². The zero-order valence-electron chi connectivity index (χ0n) is 6.73. The predicted molar refractivity (Wildman–Crippen MR) is 46.4 cm³/mol. The second kappa shape index (κ2) is 3.43. The molecular formula is C9H15Cl. The van der Waals surface area contributed by atoms with Gasteiger partial charge in [0.05, 0.1) is 5.38 Å². The van der Waals surface area contributed by atoms with Gasteiger partial charge in [0.1, 0.15) is 0 Å². The second-order valence-corrected chi connectivity index (χ2v) is 4.04. The minimum absolute atomic E-state index is 0.328. The van der Waals surface area contributed by atoms with Crippen molar-refractivity contribution in [2.45, 2.75) is 38.5 Å². The number of alkyl halides is 1. The van der Waals surface area contributed by atoms with E-state index in [4.69, 9.17) is 11.6 Å². The van der Waals surface area contributed by atoms with Crippen molar-refractivity contribution < 1.29 is 0 Å². The Morgan fingerprint density at radius 2 is 2.40 bits per heavy atom. The van der Waals surface area contributed by atoms with Gasteiger partial charge in [-0.25, -0.2) is 0 Å². The van der Waals surface area contributed by atoms with Gasteiger partial charge in [0.25, 0.3) is 0 Å². The maximum atomic E-state index is 5.91. The van der Waals surface area contributed by atoms with Crippen LogP contribution in [0.1, 0.15) is 33.1 Å². The van der Waals surface area contributed by atoms with Gasteiger partial charge in [-0.3, -0.25) is 0 Å². The van der Waals surface area contributed by atoms with Crippen molar-refractivity contribution >= 4 is 11.6 Å². The molecule has 0 saturated heterocycles. The summed E-state index contributed by atoms with van der Waals surface area (Å²) >= 11 is 5.91. The van der Waals surface area contributed by atoms with Gasteiger partial charge in [0.15, 0.2) is 0 Å². The van der Waals surface area contributed by atoms with Crippen molar-refractivity contribution in [1.29, 1.82) is 0 Å². The highest BCUT2D eigenvalue weighted by atomic mass is 35.5. The van der Waals surface area contributed by atoms with Crippen molar-refractivity contribution in [2.24, 2.45) is 5.92 Å². The molecule has 0 amide bonds. The van der Waals surface area contributed by atoms with Crippen LogP contribution in [0.25, 0.3) is 0 Å². The third-order valence-electron chi connectivity index (χ3n) is 1.83. The number of halogens is 1. The lowest BCUT2D eigenvalue weighted by Crippen LogP contribution is -1.87. The third-order valence-corrected chi connectivity index (χ3v) is 2.17. The lowest BCUT2D eigenvalue weighted by Gasteiger charge is -2.03. The number of allylic oxidation sites excluding steroid dienone is 2. The minimum Gasteiger partial charge on any atom is -0.118 e. The van der Waals surface area contributed by atoms with Gasteiger partial charge >= 0.3 is 0 Å². The molecule has 0 radical (unpaired) electrons. The van der Waals surface area contributed by atoms with Crippen LogP contribution in [0.2, 0.25) is 0 Å². The molecule has 0 nitrogen and oxygen atoms in total. The molecule has 0 aromatic rings. The molecule has 0 fully saturated rings. The van der Waals surface area contributed by atoms with E-state index in [0.29, 0.717) is 5.38 Å². The van der Waals surface area contributed by atoms with Crippen molar-refractivity contribution in [1.82, 2.24) is 0 Å². The van der Waals surface area contributed by atoms with E-state index >= 15 is 0 Å². The fraction of sp³-hybridized carbons (Fsp3) is 0.778. The molecule has 1 aliphatic rings. The lowest BCUT2D eigenvalue weighted by molar-refractivity contribution is 0.630. The lowest BCUT2D eigenvalue weighted by atomic mass is 10.0. The Bertz CT molecular complexity index is 136. The van der Waals surface area contributed by atoms with Crippen LogP contribution < -0.4 is 0 Å². The molecule has 10 heavy (non-hydrogen) atoms. The SMILES string of the molecule is CC(C)CC1=CC(Cl)CC1. The van der Waals surface area contributed by atoms with E-state index < -0.39 is 0 Å². The van der Waals surface area contributed by atoms with Crippen molar-refractivity contribution in [3.8, 4) is 0 Å². The summed E-state index contributed by atoms with van der Waals surface area (Å²) in [7, 11) is 0. The Labute approximate surface area is 68.3 Å². The first-order valence-electron chi connectivity index (χ1n) is 4.02. The third kappa shape index (κ3) is 2.34. The van der Waals surface area contributed by atoms with Gasteiger partial charge < -0.3 is 0 Å². The molecule has 1 unspecified atom stereocenters. The van der Waals surface area contributed by atoms with Crippen molar-refractivity contribution in [3.05, 3.63) is 11.6 Å². The number of hydrogen-bond donors (Lipinski definition) is 0. The van der Waals surface area contributed by atoms with Crippen LogP contribution in [0.5, 0.6) is 0 Å². The fourth-order valence-electron chi connectivity index (χ4n) is 1.44. The molecule has 0 aromatic carbocycles. The van der Waals surface area contributed by atoms with Crippen LogP contribution in [0.3, 0.4) is 0 Å². The minimum atomic E-state index is 0.328. The summed E-state index contributed by atoms with van der Waals surface area (Å²) in [4.78, 5) is 0. The Morgan fingerprint density at radius 1 is 1.70 bits per heavy atom. The molecule has 0 N–H and O–H groups in total. The van der Waals surface area contributed by atoms with E-state index in [2.05, 4.69) is 19.9 Å². The van der Waals surface area contributed by atoms with E-state index in [9.17, 15) is 0 Å². The summed E-state index contributed by atoms with van der Waals surface area (Å²) in [6, 6.07) is 0. The predicted octanol–water partition coefficient (Wildman–Crippen LogP) is 3.36. The van der Waals surface area contributed by atoms with Gasteiger partial charge in [0.2, 0.25) is 0 Å². The zero-order valence-corrected chi connectivity index (χ0v) is 7.49. The average Bonchev–Trinajstić information content (AvgIpc) is 2.13. The summed E-state index contributed by atoms with van der Waals surface area (Å²) < 4.78 is 0. The molecule has 0 bridgehead atoms. The van der Waals surface area contributed by atoms with E-state index in [1.165, 1.54) is 12.8 Å². The highest BCUT2D eigenvalue weighted by Gasteiger charge is 2.13. The molecular weight excluding hydrogens is 144 g/mol. The summed E-state index contributed by atoms with van der Waals surface area (Å²) in [5, 5.41) is 0.328. The average molecular weight is 159 g/mol. The zero-order chi connectivity index (χ0) is 7.56. The highest BCUT2D eigenvalue weighted by Crippen LogP contribution is 2.27. The first kappa shape index (κ1) is 8.13. The molecule has 58 valence electrons. The molecule has 1 aliphatic carbocycles. The van der Waals surface area contributed by atoms with E-state index in [-0.39, 0.29) is 0 Å². The van der Waals surface area contributed by atoms with Crippen LogP contribution in [-0.2, 0) is 0 Å². The summed E-state index contributed by atoms with van der Waals surface area (Å²) in [6.45, 7) is 4.50. The van der Waals surface area contributed by atoms with E-state index in [0.717, 1.165) is 12.3 Å². The topological polar surface area (TPSA) is 0 Å². The Hall–Kier alpha value is 0.0300. The highest BCUT2D eigenvalue weighted by molar-refractivity contribution is 6.22. The quantitative estimate of drug-likeness (QED) is 0.427. The molecule has 0 saturated carbocycles. The van der Waals surface area contributed by atoms with E-state index in [1.54, 1.807) is 5.57 Å². The monoisotopic (exact) mass is 158 g/mol. The second-order valence-electron chi connectivity index (χ2n) is 3.48. The summed E-state index contributed by atoms with van der Waals surface area (Å²) in [5.41, 5.74) is 1.56. The standard InChI is InChI=1S/C9H15Cl/c1-7(2)5-8-3-4-9(10)6-8/h6-7,9H,3-5H2,1-2H3. The van der Waals surface area contributed by atoms with Crippen LogP contribution in [0, 0.1) is 5.92 Å². The maximum absolute atomic E-state index is 5.91. The molecule has 0 spiro atoms. The Kier molecular flexibility index (Phi) is 2.79. The van der Waals surface area contributed by atoms with Crippen molar-refractivity contribution in [2.75, 3.05) is 0 Å². The van der Waals surface area contributed by atoms with Gasteiger partial charge in [-0.1, -0.05) is 25.5 Å². The fourth-order valence-corrected chi connectivity index (χ4v) is 1.73. The van der Waals surface area contributed by atoms with Crippen LogP contribution in [0.4, 0.5) is 0 Å². The number of hydrogen-bond acceptors (Lipinski definition) is 0. The van der Waals surface area contributed by atoms with Crippen LogP contribution in [-0.4, -0.2) is 5.38 Å². The summed E-state index contributed by atoms with van der Waals surface area (Å²) in [5.74, 6) is 0.785. The largest absolute Gasteiger partial charge is 0.118 e. The Morgan fingerprint density at radius 3 is 2.80 bits per heavy atom. The molecule has 1 atom stereocenters. The molecule has 1 rings (SSSR count). The van der Waals surface area contributed by atoms with Gasteiger partial charge in [-0.05, 0) is 25.2 Å². The van der Waals surface area contributed by atoms with Crippen LogP contribution in [0.15, 0.2) is 11.6 Å². The van der Waals surface area contributed by atoms with Gasteiger partial charge in [-0.2, -0.15) is 0 Å². The first-order valence-corrected chi connectivity index (χ1v) is 4.45. The molecule has 0 aliphatic heterocycles. The first-order chi connectivity index (χ1) is 4.68. The van der Waals surface area contributed by atoms with Gasteiger partial charge in [0, 0.05) is 0 Å². The smallest absolute Gasteiger partial charge is 0.0521 e. The Balaban J connectivity index is 2.35. The normalized spacial score (nSPS) is 25.6. The maximum Gasteiger partial charge on any atom is 0.0521 e. The molecule has 0 aromatic heterocycles. The van der Waals surface area contributed by atoms with Crippen LogP contribution >= 0.6 is 11.6 Å². The van der Waals surface area contributed by atoms with Crippen molar-refractivity contribution in [3.63, 3.8) is 0 Å².